The number of nitrogens with zero attached hydrogens (tertiary/aromatic N) is 1. The first-order valence-electron chi connectivity index (χ1n) is 6.78. The Bertz CT molecular complexity index is 451. The topological polar surface area (TPSA) is 38.5 Å². The standard InChI is InChI=1S/C14H19F3N2OS/c1-10(18)13-9-19(6-7-20-13)8-11-2-4-12(5-3-11)21-14(15,16)17/h2-5,10,13H,6-9,18H2,1H3. The van der Waals surface area contributed by atoms with Crippen LogP contribution in [0.5, 0.6) is 0 Å². The fraction of sp³-hybridized carbons (Fsp3) is 0.571. The van der Waals surface area contributed by atoms with Crippen molar-refractivity contribution < 1.29 is 17.9 Å². The average Bonchev–Trinajstić information content (AvgIpc) is 2.40. The molecule has 1 aromatic rings. The van der Waals surface area contributed by atoms with E-state index in [-0.39, 0.29) is 28.8 Å². The van der Waals surface area contributed by atoms with Crippen LogP contribution in [0, 0.1) is 0 Å². The Kier molecular flexibility index (Phi) is 5.54. The van der Waals surface area contributed by atoms with E-state index in [1.807, 2.05) is 6.92 Å². The second kappa shape index (κ2) is 7.00. The summed E-state index contributed by atoms with van der Waals surface area (Å²) in [6.07, 6.45) is 0.0128. The molecule has 2 atom stereocenters. The van der Waals surface area contributed by atoms with Crippen molar-refractivity contribution in [1.29, 1.82) is 0 Å². The Morgan fingerprint density at radius 2 is 2.05 bits per heavy atom. The number of hydrogen-bond donors (Lipinski definition) is 1. The van der Waals surface area contributed by atoms with Crippen LogP contribution in [-0.2, 0) is 11.3 Å². The van der Waals surface area contributed by atoms with Gasteiger partial charge in [0.05, 0.1) is 12.7 Å². The number of alkyl halides is 3. The maximum absolute atomic E-state index is 12.3. The van der Waals surface area contributed by atoms with E-state index in [4.69, 9.17) is 10.5 Å². The Morgan fingerprint density at radius 1 is 1.38 bits per heavy atom. The number of nitrogens with two attached hydrogens (primary N) is 1. The first kappa shape index (κ1) is 16.6. The molecule has 1 aliphatic rings. The highest BCUT2D eigenvalue weighted by molar-refractivity contribution is 8.00. The van der Waals surface area contributed by atoms with Gasteiger partial charge in [-0.25, -0.2) is 0 Å². The van der Waals surface area contributed by atoms with E-state index < -0.39 is 5.51 Å². The minimum atomic E-state index is -4.24. The van der Waals surface area contributed by atoms with E-state index in [9.17, 15) is 13.2 Å². The van der Waals surface area contributed by atoms with E-state index >= 15 is 0 Å². The molecule has 2 rings (SSSR count). The van der Waals surface area contributed by atoms with Gasteiger partial charge in [0.25, 0.3) is 0 Å². The second-order valence-electron chi connectivity index (χ2n) is 5.20. The molecule has 1 fully saturated rings. The summed E-state index contributed by atoms with van der Waals surface area (Å²) in [5.41, 5.74) is 2.59. The van der Waals surface area contributed by atoms with Gasteiger partial charge < -0.3 is 10.5 Å². The average molecular weight is 320 g/mol. The van der Waals surface area contributed by atoms with Crippen molar-refractivity contribution >= 4 is 11.8 Å². The molecule has 3 nitrogen and oxygen atoms in total. The fourth-order valence-electron chi connectivity index (χ4n) is 2.25. The van der Waals surface area contributed by atoms with Crippen molar-refractivity contribution in [2.45, 2.75) is 36.0 Å². The van der Waals surface area contributed by atoms with Crippen LogP contribution in [0.4, 0.5) is 13.2 Å². The number of halogens is 3. The molecule has 0 saturated carbocycles. The van der Waals surface area contributed by atoms with Crippen LogP contribution in [0.25, 0.3) is 0 Å². The van der Waals surface area contributed by atoms with Gasteiger partial charge in [0, 0.05) is 30.6 Å². The summed E-state index contributed by atoms with van der Waals surface area (Å²) in [6, 6.07) is 6.47. The molecule has 1 aromatic carbocycles. The molecule has 2 N–H and O–H groups in total. The highest BCUT2D eigenvalue weighted by Gasteiger charge is 2.29. The molecule has 7 heteroatoms. The molecule has 1 saturated heterocycles. The second-order valence-corrected chi connectivity index (χ2v) is 6.33. The lowest BCUT2D eigenvalue weighted by molar-refractivity contribution is -0.0403. The molecule has 118 valence electrons. The summed E-state index contributed by atoms with van der Waals surface area (Å²) in [6.45, 7) is 4.80. The molecule has 2 unspecified atom stereocenters. The van der Waals surface area contributed by atoms with Crippen LogP contribution < -0.4 is 5.73 Å². The molecule has 1 heterocycles. The maximum Gasteiger partial charge on any atom is 0.446 e. The van der Waals surface area contributed by atoms with Crippen LogP contribution in [0.1, 0.15) is 12.5 Å². The van der Waals surface area contributed by atoms with E-state index in [0.29, 0.717) is 13.2 Å². The molecule has 0 spiro atoms. The van der Waals surface area contributed by atoms with Crippen LogP contribution in [0.15, 0.2) is 29.2 Å². The van der Waals surface area contributed by atoms with Gasteiger partial charge in [0.1, 0.15) is 0 Å². The summed E-state index contributed by atoms with van der Waals surface area (Å²) in [5, 5.41) is 0. The minimum absolute atomic E-state index is 0.0128. The van der Waals surface area contributed by atoms with Gasteiger partial charge in [-0.1, -0.05) is 12.1 Å². The summed E-state index contributed by atoms with van der Waals surface area (Å²) in [5.74, 6) is 0. The van der Waals surface area contributed by atoms with Gasteiger partial charge in [-0.15, -0.1) is 0 Å². The molecule has 0 amide bonds. The zero-order chi connectivity index (χ0) is 15.5. The number of hydrogen-bond acceptors (Lipinski definition) is 4. The third-order valence-electron chi connectivity index (χ3n) is 3.33. The Balaban J connectivity index is 1.91. The SMILES string of the molecule is CC(N)C1CN(Cc2ccc(SC(F)(F)F)cc2)CCO1. The lowest BCUT2D eigenvalue weighted by Crippen LogP contribution is -2.49. The van der Waals surface area contributed by atoms with Crippen molar-refractivity contribution in [1.82, 2.24) is 4.90 Å². The monoisotopic (exact) mass is 320 g/mol. The van der Waals surface area contributed by atoms with Crippen molar-refractivity contribution in [2.24, 2.45) is 5.73 Å². The normalized spacial score (nSPS) is 22.2. The lowest BCUT2D eigenvalue weighted by Gasteiger charge is -2.34. The van der Waals surface area contributed by atoms with Gasteiger partial charge in [-0.2, -0.15) is 13.2 Å². The number of morpholine rings is 1. The summed E-state index contributed by atoms with van der Waals surface area (Å²) in [4.78, 5) is 2.42. The van der Waals surface area contributed by atoms with Gasteiger partial charge in [-0.3, -0.25) is 4.90 Å². The van der Waals surface area contributed by atoms with Crippen LogP contribution in [0.3, 0.4) is 0 Å². The molecular formula is C14H19F3N2OS. The van der Waals surface area contributed by atoms with E-state index in [1.165, 1.54) is 12.1 Å². The molecular weight excluding hydrogens is 301 g/mol. The first-order valence-corrected chi connectivity index (χ1v) is 7.59. The molecule has 0 aliphatic carbocycles. The minimum Gasteiger partial charge on any atom is -0.374 e. The van der Waals surface area contributed by atoms with E-state index in [1.54, 1.807) is 12.1 Å². The number of rotatable bonds is 4. The third kappa shape index (κ3) is 5.50. The lowest BCUT2D eigenvalue weighted by atomic mass is 10.1. The fourth-order valence-corrected chi connectivity index (χ4v) is 2.79. The zero-order valence-electron chi connectivity index (χ0n) is 11.8. The first-order chi connectivity index (χ1) is 9.83. The van der Waals surface area contributed by atoms with Crippen LogP contribution >= 0.6 is 11.8 Å². The number of benzene rings is 1. The van der Waals surface area contributed by atoms with Gasteiger partial charge in [0.15, 0.2) is 0 Å². The predicted octanol–water partition coefficient (Wildman–Crippen LogP) is 2.85. The Hall–Kier alpha value is -0.760. The molecule has 21 heavy (non-hydrogen) atoms. The summed E-state index contributed by atoms with van der Waals surface area (Å²) >= 11 is -0.0903. The van der Waals surface area contributed by atoms with Crippen LogP contribution in [0.2, 0.25) is 0 Å². The molecule has 1 aliphatic heterocycles. The van der Waals surface area contributed by atoms with Crippen molar-refractivity contribution in [3.63, 3.8) is 0 Å². The van der Waals surface area contributed by atoms with Crippen molar-refractivity contribution in [3.05, 3.63) is 29.8 Å². The zero-order valence-corrected chi connectivity index (χ0v) is 12.6. The number of ether oxygens (including phenoxy) is 1. The highest BCUT2D eigenvalue weighted by atomic mass is 32.2. The van der Waals surface area contributed by atoms with E-state index in [2.05, 4.69) is 4.90 Å². The molecule has 0 aromatic heterocycles. The van der Waals surface area contributed by atoms with E-state index in [0.717, 1.165) is 18.7 Å². The Labute approximate surface area is 126 Å². The largest absolute Gasteiger partial charge is 0.446 e. The molecule has 0 radical (unpaired) electrons. The number of thioether (sulfide) groups is 1. The Morgan fingerprint density at radius 3 is 2.62 bits per heavy atom. The highest BCUT2D eigenvalue weighted by Crippen LogP contribution is 2.36. The van der Waals surface area contributed by atoms with Gasteiger partial charge >= 0.3 is 5.51 Å². The van der Waals surface area contributed by atoms with Gasteiger partial charge in [0.2, 0.25) is 0 Å². The maximum atomic E-state index is 12.3. The predicted molar refractivity (Wildman–Crippen MR) is 77.0 cm³/mol. The smallest absolute Gasteiger partial charge is 0.374 e. The summed E-state index contributed by atoms with van der Waals surface area (Å²) < 4.78 is 42.4. The quantitative estimate of drug-likeness (QED) is 0.866. The third-order valence-corrected chi connectivity index (χ3v) is 4.07. The van der Waals surface area contributed by atoms with Crippen molar-refractivity contribution in [2.75, 3.05) is 19.7 Å². The summed E-state index contributed by atoms with van der Waals surface area (Å²) in [7, 11) is 0. The van der Waals surface area contributed by atoms with Crippen LogP contribution in [-0.4, -0.2) is 42.3 Å². The van der Waals surface area contributed by atoms with Gasteiger partial charge in [-0.05, 0) is 36.4 Å². The van der Waals surface area contributed by atoms with Crippen molar-refractivity contribution in [3.8, 4) is 0 Å². The molecule has 0 bridgehead atoms.